The molecule has 1 spiro atoms. The maximum absolute atomic E-state index is 12.9. The average molecular weight is 372 g/mol. The summed E-state index contributed by atoms with van der Waals surface area (Å²) in [5.74, 6) is 0.480. The van der Waals surface area contributed by atoms with Gasteiger partial charge in [0.15, 0.2) is 0 Å². The lowest BCUT2D eigenvalue weighted by atomic mass is 9.73. The van der Waals surface area contributed by atoms with Gasteiger partial charge < -0.3 is 9.80 Å². The van der Waals surface area contributed by atoms with Crippen LogP contribution in [0.15, 0.2) is 24.3 Å². The van der Waals surface area contributed by atoms with E-state index in [1.165, 1.54) is 11.1 Å². The van der Waals surface area contributed by atoms with Crippen molar-refractivity contribution in [3.05, 3.63) is 35.4 Å². The highest BCUT2D eigenvalue weighted by Gasteiger charge is 2.42. The molecule has 1 aromatic carbocycles. The van der Waals surface area contributed by atoms with Crippen molar-refractivity contribution in [3.8, 4) is 0 Å². The summed E-state index contributed by atoms with van der Waals surface area (Å²) >= 11 is 0. The van der Waals surface area contributed by atoms with Gasteiger partial charge in [-0.15, -0.1) is 0 Å². The van der Waals surface area contributed by atoms with Gasteiger partial charge in [0.1, 0.15) is 0 Å². The standard InChI is InChI=1S/C22H33N3O2/c1-4-24-16-22(12-10-20(24)26)11-5-13-25(17-22)21(27)15-23(3)14-19-8-6-18(2)7-9-19/h6-9H,4-5,10-17H2,1-3H3/t22-/m1/s1. The molecule has 27 heavy (non-hydrogen) atoms. The summed E-state index contributed by atoms with van der Waals surface area (Å²) in [4.78, 5) is 31.1. The lowest BCUT2D eigenvalue weighted by molar-refractivity contribution is -0.143. The number of piperidine rings is 2. The first-order valence-electron chi connectivity index (χ1n) is 10.2. The number of benzene rings is 1. The van der Waals surface area contributed by atoms with Crippen LogP contribution in [0.2, 0.25) is 0 Å². The Labute approximate surface area is 163 Å². The van der Waals surface area contributed by atoms with Crippen molar-refractivity contribution in [1.29, 1.82) is 0 Å². The van der Waals surface area contributed by atoms with Crippen molar-refractivity contribution >= 4 is 11.8 Å². The molecule has 2 fully saturated rings. The van der Waals surface area contributed by atoms with E-state index in [4.69, 9.17) is 0 Å². The summed E-state index contributed by atoms with van der Waals surface area (Å²) in [5.41, 5.74) is 2.59. The third-order valence-corrected chi connectivity index (χ3v) is 6.12. The van der Waals surface area contributed by atoms with Crippen molar-refractivity contribution in [2.75, 3.05) is 39.8 Å². The molecule has 0 aromatic heterocycles. The molecule has 3 rings (SSSR count). The van der Waals surface area contributed by atoms with Gasteiger partial charge in [-0.25, -0.2) is 0 Å². The minimum atomic E-state index is 0.105. The third-order valence-electron chi connectivity index (χ3n) is 6.12. The molecule has 5 nitrogen and oxygen atoms in total. The summed E-state index contributed by atoms with van der Waals surface area (Å²) in [6, 6.07) is 8.49. The maximum atomic E-state index is 12.9. The highest BCUT2D eigenvalue weighted by atomic mass is 16.2. The average Bonchev–Trinajstić information content (AvgIpc) is 2.66. The molecule has 5 heteroatoms. The van der Waals surface area contributed by atoms with E-state index in [0.29, 0.717) is 13.0 Å². The van der Waals surface area contributed by atoms with Crippen molar-refractivity contribution in [2.24, 2.45) is 5.41 Å². The Kier molecular flexibility index (Phi) is 6.20. The second-order valence-corrected chi connectivity index (χ2v) is 8.48. The van der Waals surface area contributed by atoms with E-state index in [1.54, 1.807) is 0 Å². The number of amides is 2. The molecule has 0 unspecified atom stereocenters. The molecule has 2 aliphatic heterocycles. The normalized spacial score (nSPS) is 23.3. The number of carbonyl (C=O) groups excluding carboxylic acids is 2. The van der Waals surface area contributed by atoms with Crippen molar-refractivity contribution in [1.82, 2.24) is 14.7 Å². The summed E-state index contributed by atoms with van der Waals surface area (Å²) in [7, 11) is 2.01. The predicted molar refractivity (Wildman–Crippen MR) is 107 cm³/mol. The second-order valence-electron chi connectivity index (χ2n) is 8.48. The number of nitrogens with zero attached hydrogens (tertiary/aromatic N) is 3. The Bertz CT molecular complexity index is 673. The lowest BCUT2D eigenvalue weighted by Gasteiger charge is -2.48. The largest absolute Gasteiger partial charge is 0.342 e. The van der Waals surface area contributed by atoms with Gasteiger partial charge in [0.2, 0.25) is 11.8 Å². The molecule has 2 saturated heterocycles. The molecule has 1 aromatic rings. The van der Waals surface area contributed by atoms with Crippen LogP contribution in [0, 0.1) is 12.3 Å². The van der Waals surface area contributed by atoms with Crippen LogP contribution < -0.4 is 0 Å². The first kappa shape index (κ1) is 19.9. The lowest BCUT2D eigenvalue weighted by Crippen LogP contribution is -2.55. The summed E-state index contributed by atoms with van der Waals surface area (Å²) in [6.45, 7) is 8.58. The highest BCUT2D eigenvalue weighted by Crippen LogP contribution is 2.38. The molecule has 0 saturated carbocycles. The maximum Gasteiger partial charge on any atom is 0.236 e. The van der Waals surface area contributed by atoms with Crippen LogP contribution >= 0.6 is 0 Å². The number of likely N-dealkylation sites (tertiary alicyclic amines) is 2. The Hall–Kier alpha value is -1.88. The number of hydrogen-bond acceptors (Lipinski definition) is 3. The van der Waals surface area contributed by atoms with Crippen molar-refractivity contribution in [3.63, 3.8) is 0 Å². The van der Waals surface area contributed by atoms with E-state index in [1.807, 2.05) is 23.8 Å². The molecule has 0 N–H and O–H groups in total. The quantitative estimate of drug-likeness (QED) is 0.799. The van der Waals surface area contributed by atoms with Gasteiger partial charge in [0.05, 0.1) is 6.54 Å². The number of likely N-dealkylation sites (N-methyl/N-ethyl adjacent to an activating group) is 1. The number of aryl methyl sites for hydroxylation is 1. The van der Waals surface area contributed by atoms with Gasteiger partial charge >= 0.3 is 0 Å². The van der Waals surface area contributed by atoms with Crippen LogP contribution in [-0.4, -0.2) is 66.3 Å². The first-order valence-corrected chi connectivity index (χ1v) is 10.2. The van der Waals surface area contributed by atoms with Crippen LogP contribution in [0.25, 0.3) is 0 Å². The van der Waals surface area contributed by atoms with E-state index < -0.39 is 0 Å². The molecule has 2 aliphatic rings. The molecular weight excluding hydrogens is 338 g/mol. The second kappa shape index (κ2) is 8.42. The van der Waals surface area contributed by atoms with E-state index in [-0.39, 0.29) is 17.2 Å². The molecule has 0 aliphatic carbocycles. The van der Waals surface area contributed by atoms with Gasteiger partial charge in [-0.3, -0.25) is 14.5 Å². The molecule has 2 heterocycles. The van der Waals surface area contributed by atoms with Crippen molar-refractivity contribution < 1.29 is 9.59 Å². The van der Waals surface area contributed by atoms with Crippen LogP contribution in [-0.2, 0) is 16.1 Å². The van der Waals surface area contributed by atoms with Gasteiger partial charge in [-0.1, -0.05) is 29.8 Å². The molecule has 0 bridgehead atoms. The molecular formula is C22H33N3O2. The molecule has 2 amide bonds. The van der Waals surface area contributed by atoms with Crippen LogP contribution in [0.5, 0.6) is 0 Å². The predicted octanol–water partition coefficient (Wildman–Crippen LogP) is 2.68. The van der Waals surface area contributed by atoms with E-state index in [0.717, 1.165) is 52.0 Å². The fraction of sp³-hybridized carbons (Fsp3) is 0.636. The zero-order valence-electron chi connectivity index (χ0n) is 17.0. The minimum absolute atomic E-state index is 0.105. The topological polar surface area (TPSA) is 43.9 Å². The Morgan fingerprint density at radius 3 is 2.63 bits per heavy atom. The summed E-state index contributed by atoms with van der Waals surface area (Å²) in [5, 5.41) is 0. The SMILES string of the molecule is CCN1C[C@@]2(CCCN(C(=O)CN(C)Cc3ccc(C)cc3)C2)CCC1=O. The Balaban J connectivity index is 1.56. The smallest absolute Gasteiger partial charge is 0.236 e. The number of rotatable bonds is 5. The Morgan fingerprint density at radius 2 is 1.93 bits per heavy atom. The molecule has 0 radical (unpaired) electrons. The zero-order chi connectivity index (χ0) is 19.4. The van der Waals surface area contributed by atoms with Crippen LogP contribution in [0.4, 0.5) is 0 Å². The fourth-order valence-corrected chi connectivity index (χ4v) is 4.54. The van der Waals surface area contributed by atoms with Crippen LogP contribution in [0.3, 0.4) is 0 Å². The first-order chi connectivity index (χ1) is 12.9. The van der Waals surface area contributed by atoms with E-state index in [9.17, 15) is 9.59 Å². The van der Waals surface area contributed by atoms with Crippen molar-refractivity contribution in [2.45, 2.75) is 46.1 Å². The zero-order valence-corrected chi connectivity index (χ0v) is 17.0. The van der Waals surface area contributed by atoms with Gasteiger partial charge in [0, 0.05) is 44.6 Å². The van der Waals surface area contributed by atoms with Gasteiger partial charge in [-0.05, 0) is 45.7 Å². The van der Waals surface area contributed by atoms with E-state index in [2.05, 4.69) is 36.1 Å². The molecule has 1 atom stereocenters. The van der Waals surface area contributed by atoms with E-state index >= 15 is 0 Å². The minimum Gasteiger partial charge on any atom is -0.342 e. The highest BCUT2D eigenvalue weighted by molar-refractivity contribution is 5.79. The summed E-state index contributed by atoms with van der Waals surface area (Å²) in [6.07, 6.45) is 3.72. The van der Waals surface area contributed by atoms with Gasteiger partial charge in [0.25, 0.3) is 0 Å². The number of carbonyl (C=O) groups is 2. The van der Waals surface area contributed by atoms with Gasteiger partial charge in [-0.2, -0.15) is 0 Å². The number of hydrogen-bond donors (Lipinski definition) is 0. The Morgan fingerprint density at radius 1 is 1.19 bits per heavy atom. The summed E-state index contributed by atoms with van der Waals surface area (Å²) < 4.78 is 0. The monoisotopic (exact) mass is 371 g/mol. The third kappa shape index (κ3) is 4.89. The molecule has 148 valence electrons. The van der Waals surface area contributed by atoms with Crippen LogP contribution in [0.1, 0.15) is 43.7 Å². The fourth-order valence-electron chi connectivity index (χ4n) is 4.54.